The number of hydrogen-bond acceptors (Lipinski definition) is 4. The average molecular weight is 331 g/mol. The maximum absolute atomic E-state index is 12.4. The molecule has 0 unspecified atom stereocenters. The molecule has 6 heteroatoms. The molecule has 2 aromatic rings. The molecule has 0 saturated carbocycles. The summed E-state index contributed by atoms with van der Waals surface area (Å²) in [5.74, 6) is 1.21. The molecule has 4 rings (SSSR count). The van der Waals surface area contributed by atoms with Crippen molar-refractivity contribution in [1.29, 1.82) is 0 Å². The van der Waals surface area contributed by atoms with Crippen LogP contribution in [0.25, 0.3) is 0 Å². The molecule has 0 saturated heterocycles. The first-order valence-electron chi connectivity index (χ1n) is 8.19. The number of nitrogens with one attached hydrogen (secondary N) is 1. The molecule has 5 nitrogen and oxygen atoms in total. The van der Waals surface area contributed by atoms with E-state index in [1.165, 1.54) is 10.4 Å². The third kappa shape index (κ3) is 3.05. The highest BCUT2D eigenvalue weighted by molar-refractivity contribution is 7.10. The quantitative estimate of drug-likeness (QED) is 0.939. The standard InChI is InChI=1S/C17H21N3O2S/c1-11-9-20-10-12(2-3-16(20)18-11)19-17(21)8-14-13-5-7-23-15(13)4-6-22-14/h5,7,9,12,14H,2-4,6,8,10H2,1H3,(H,19,21)/t12-,14-/m1/s1. The fourth-order valence-corrected chi connectivity index (χ4v) is 4.47. The Bertz CT molecular complexity index is 721. The van der Waals surface area contributed by atoms with Gasteiger partial charge in [0.05, 0.1) is 24.8 Å². The van der Waals surface area contributed by atoms with Crippen molar-refractivity contribution in [2.24, 2.45) is 0 Å². The van der Waals surface area contributed by atoms with E-state index in [0.29, 0.717) is 13.0 Å². The highest BCUT2D eigenvalue weighted by Gasteiger charge is 2.26. The molecule has 0 bridgehead atoms. The number of carbonyl (C=O) groups excluding carboxylic acids is 1. The third-order valence-electron chi connectivity index (χ3n) is 4.62. The number of hydrogen-bond donors (Lipinski definition) is 1. The Labute approximate surface area is 139 Å². The maximum atomic E-state index is 12.4. The van der Waals surface area contributed by atoms with Gasteiger partial charge in [0.2, 0.25) is 5.91 Å². The fourth-order valence-electron chi connectivity index (χ4n) is 3.55. The minimum atomic E-state index is -0.0837. The second-order valence-corrected chi connectivity index (χ2v) is 7.37. The smallest absolute Gasteiger partial charge is 0.223 e. The first kappa shape index (κ1) is 14.9. The van der Waals surface area contributed by atoms with Crippen molar-refractivity contribution in [1.82, 2.24) is 14.9 Å². The lowest BCUT2D eigenvalue weighted by Gasteiger charge is -2.27. The summed E-state index contributed by atoms with van der Waals surface area (Å²) in [6, 6.07) is 2.28. The molecule has 1 N–H and O–H groups in total. The van der Waals surface area contributed by atoms with Crippen LogP contribution in [-0.4, -0.2) is 28.1 Å². The number of ether oxygens (including phenoxy) is 1. The molecule has 0 spiro atoms. The number of aromatic nitrogens is 2. The molecular weight excluding hydrogens is 310 g/mol. The summed E-state index contributed by atoms with van der Waals surface area (Å²) in [7, 11) is 0. The highest BCUT2D eigenvalue weighted by atomic mass is 32.1. The monoisotopic (exact) mass is 331 g/mol. The molecule has 0 fully saturated rings. The van der Waals surface area contributed by atoms with E-state index < -0.39 is 0 Å². The van der Waals surface area contributed by atoms with Crippen molar-refractivity contribution < 1.29 is 9.53 Å². The summed E-state index contributed by atoms with van der Waals surface area (Å²) in [6.45, 7) is 3.54. The zero-order valence-electron chi connectivity index (χ0n) is 13.2. The molecule has 2 aliphatic rings. The number of thiophene rings is 1. The molecule has 2 aromatic heterocycles. The van der Waals surface area contributed by atoms with Gasteiger partial charge in [-0.1, -0.05) is 0 Å². The Morgan fingerprint density at radius 3 is 3.35 bits per heavy atom. The number of imidazole rings is 1. The van der Waals surface area contributed by atoms with Crippen LogP contribution in [0.15, 0.2) is 17.6 Å². The van der Waals surface area contributed by atoms with E-state index >= 15 is 0 Å². The van der Waals surface area contributed by atoms with Crippen molar-refractivity contribution in [2.45, 2.75) is 51.3 Å². The number of fused-ring (bicyclic) bond motifs is 2. The van der Waals surface area contributed by atoms with Crippen LogP contribution in [-0.2, 0) is 28.9 Å². The lowest BCUT2D eigenvalue weighted by molar-refractivity contribution is -0.125. The molecule has 1 amide bonds. The van der Waals surface area contributed by atoms with Gasteiger partial charge in [0, 0.05) is 36.5 Å². The van der Waals surface area contributed by atoms with Gasteiger partial charge in [0.25, 0.3) is 0 Å². The zero-order valence-corrected chi connectivity index (χ0v) is 14.1. The largest absolute Gasteiger partial charge is 0.373 e. The van der Waals surface area contributed by atoms with E-state index in [0.717, 1.165) is 37.3 Å². The molecule has 0 aliphatic carbocycles. The lowest BCUT2D eigenvalue weighted by atomic mass is 10.0. The first-order valence-corrected chi connectivity index (χ1v) is 9.07. The summed E-state index contributed by atoms with van der Waals surface area (Å²) in [4.78, 5) is 18.3. The molecule has 122 valence electrons. The number of aryl methyl sites for hydroxylation is 2. The van der Waals surface area contributed by atoms with Gasteiger partial charge in [-0.05, 0) is 30.4 Å². The summed E-state index contributed by atoms with van der Waals surface area (Å²) in [5.41, 5.74) is 2.25. The molecule has 23 heavy (non-hydrogen) atoms. The molecule has 2 atom stereocenters. The molecule has 0 radical (unpaired) electrons. The van der Waals surface area contributed by atoms with Crippen molar-refractivity contribution in [3.05, 3.63) is 39.6 Å². The maximum Gasteiger partial charge on any atom is 0.223 e. The Morgan fingerprint density at radius 1 is 1.52 bits per heavy atom. The van der Waals surface area contributed by atoms with Crippen LogP contribution in [0.3, 0.4) is 0 Å². The van der Waals surface area contributed by atoms with Gasteiger partial charge in [-0.2, -0.15) is 0 Å². The number of nitrogens with zero attached hydrogens (tertiary/aromatic N) is 2. The van der Waals surface area contributed by atoms with Gasteiger partial charge in [-0.3, -0.25) is 4.79 Å². The first-order chi connectivity index (χ1) is 11.2. The topological polar surface area (TPSA) is 56.2 Å². The Kier molecular flexibility index (Phi) is 3.95. The normalized spacial score (nSPS) is 23.2. The molecule has 2 aliphatic heterocycles. The van der Waals surface area contributed by atoms with Crippen LogP contribution in [0.2, 0.25) is 0 Å². The Morgan fingerprint density at radius 2 is 2.43 bits per heavy atom. The minimum absolute atomic E-state index is 0.0827. The van der Waals surface area contributed by atoms with Crippen molar-refractivity contribution in [3.8, 4) is 0 Å². The third-order valence-corrected chi connectivity index (χ3v) is 5.62. The van der Waals surface area contributed by atoms with Gasteiger partial charge >= 0.3 is 0 Å². The van der Waals surface area contributed by atoms with Gasteiger partial charge in [0.1, 0.15) is 5.82 Å². The number of rotatable bonds is 3. The van der Waals surface area contributed by atoms with E-state index in [1.54, 1.807) is 11.3 Å². The van der Waals surface area contributed by atoms with Gasteiger partial charge in [0.15, 0.2) is 0 Å². The van der Waals surface area contributed by atoms with E-state index in [4.69, 9.17) is 4.74 Å². The summed E-state index contributed by atoms with van der Waals surface area (Å²) in [6.07, 6.45) is 5.24. The second-order valence-electron chi connectivity index (χ2n) is 6.37. The molecule has 0 aromatic carbocycles. The minimum Gasteiger partial charge on any atom is -0.373 e. The van der Waals surface area contributed by atoms with Crippen molar-refractivity contribution in [3.63, 3.8) is 0 Å². The van der Waals surface area contributed by atoms with Crippen LogP contribution in [0.1, 0.15) is 40.9 Å². The zero-order chi connectivity index (χ0) is 15.8. The van der Waals surface area contributed by atoms with E-state index in [-0.39, 0.29) is 18.1 Å². The van der Waals surface area contributed by atoms with Gasteiger partial charge in [-0.15, -0.1) is 11.3 Å². The van der Waals surface area contributed by atoms with Gasteiger partial charge < -0.3 is 14.6 Å². The van der Waals surface area contributed by atoms with E-state index in [1.807, 2.05) is 6.92 Å². The Balaban J connectivity index is 1.37. The summed E-state index contributed by atoms with van der Waals surface area (Å²) >= 11 is 1.76. The predicted octanol–water partition coefficient (Wildman–Crippen LogP) is 2.39. The van der Waals surface area contributed by atoms with E-state index in [9.17, 15) is 4.79 Å². The summed E-state index contributed by atoms with van der Waals surface area (Å²) in [5, 5.41) is 5.27. The SMILES string of the molecule is Cc1cn2c(n1)CC[C@@H](NC(=O)C[C@H]1OCCc3sccc31)C2. The number of amides is 1. The van der Waals surface area contributed by atoms with Crippen LogP contribution in [0.4, 0.5) is 0 Å². The molecular formula is C17H21N3O2S. The molecule has 4 heterocycles. The van der Waals surface area contributed by atoms with Crippen LogP contribution in [0.5, 0.6) is 0 Å². The van der Waals surface area contributed by atoms with Gasteiger partial charge in [-0.25, -0.2) is 4.98 Å². The lowest BCUT2D eigenvalue weighted by Crippen LogP contribution is -2.41. The fraction of sp³-hybridized carbons (Fsp3) is 0.529. The van der Waals surface area contributed by atoms with E-state index in [2.05, 4.69) is 32.5 Å². The average Bonchev–Trinajstić information content (AvgIpc) is 3.12. The number of carbonyl (C=O) groups is 1. The van der Waals surface area contributed by atoms with Crippen molar-refractivity contribution in [2.75, 3.05) is 6.61 Å². The second kappa shape index (κ2) is 6.09. The Hall–Kier alpha value is -1.66. The predicted molar refractivity (Wildman–Crippen MR) is 88.5 cm³/mol. The highest BCUT2D eigenvalue weighted by Crippen LogP contribution is 2.33. The van der Waals surface area contributed by atoms with Crippen LogP contribution >= 0.6 is 11.3 Å². The van der Waals surface area contributed by atoms with Crippen molar-refractivity contribution >= 4 is 17.2 Å². The van der Waals surface area contributed by atoms with Crippen LogP contribution < -0.4 is 5.32 Å². The summed E-state index contributed by atoms with van der Waals surface area (Å²) < 4.78 is 7.98. The van der Waals surface area contributed by atoms with Crippen LogP contribution in [0, 0.1) is 6.92 Å².